The molecule has 0 aliphatic heterocycles. The predicted octanol–water partition coefficient (Wildman–Crippen LogP) is 2.34. The molecule has 0 aromatic heterocycles. The van der Waals surface area contributed by atoms with Crippen LogP contribution in [-0.4, -0.2) is 18.1 Å². The van der Waals surface area contributed by atoms with Gasteiger partial charge in [-0.3, -0.25) is 4.79 Å². The molecule has 1 aromatic carbocycles. The molecule has 1 aliphatic carbocycles. The molecule has 0 unspecified atom stereocenters. The molecule has 0 atom stereocenters. The van der Waals surface area contributed by atoms with Gasteiger partial charge in [-0.25, -0.2) is 0 Å². The number of hydrogen-bond acceptors (Lipinski definition) is 3. The number of hydrogen-bond donors (Lipinski definition) is 2. The topological polar surface area (TPSA) is 64.3 Å². The van der Waals surface area contributed by atoms with E-state index in [9.17, 15) is 4.79 Å². The Labute approximate surface area is 108 Å². The van der Waals surface area contributed by atoms with E-state index in [1.807, 2.05) is 6.92 Å². The summed E-state index contributed by atoms with van der Waals surface area (Å²) in [5.74, 6) is 0.562. The van der Waals surface area contributed by atoms with E-state index in [1.54, 1.807) is 18.2 Å². The van der Waals surface area contributed by atoms with Gasteiger partial charge in [-0.1, -0.05) is 0 Å². The SMILES string of the molecule is CCOc1cc(N)cc(C(=O)NC2(C)CCC2)c1. The summed E-state index contributed by atoms with van der Waals surface area (Å²) < 4.78 is 5.39. The summed E-state index contributed by atoms with van der Waals surface area (Å²) in [6, 6.07) is 5.14. The third-order valence-electron chi connectivity index (χ3n) is 3.37. The second kappa shape index (κ2) is 4.88. The highest BCUT2D eigenvalue weighted by molar-refractivity contribution is 5.96. The molecule has 0 radical (unpaired) electrons. The molecule has 1 fully saturated rings. The average Bonchev–Trinajstić information content (AvgIpc) is 2.26. The molecule has 1 saturated carbocycles. The number of anilines is 1. The molecule has 1 amide bonds. The molecular weight excluding hydrogens is 228 g/mol. The Kier molecular flexibility index (Phi) is 3.45. The fourth-order valence-electron chi connectivity index (χ4n) is 2.18. The summed E-state index contributed by atoms with van der Waals surface area (Å²) in [5, 5.41) is 3.06. The second-order valence-electron chi connectivity index (χ2n) is 5.09. The van der Waals surface area contributed by atoms with Crippen molar-refractivity contribution in [1.82, 2.24) is 5.32 Å². The average molecular weight is 248 g/mol. The molecular formula is C14H20N2O2. The zero-order valence-corrected chi connectivity index (χ0v) is 11.0. The number of carbonyl (C=O) groups excluding carboxylic acids is 1. The van der Waals surface area contributed by atoms with E-state index in [2.05, 4.69) is 12.2 Å². The first-order chi connectivity index (χ1) is 8.52. The van der Waals surface area contributed by atoms with Crippen LogP contribution in [0, 0.1) is 0 Å². The van der Waals surface area contributed by atoms with Crippen LogP contribution in [0.25, 0.3) is 0 Å². The third-order valence-corrected chi connectivity index (χ3v) is 3.37. The van der Waals surface area contributed by atoms with Gasteiger partial charge >= 0.3 is 0 Å². The number of rotatable bonds is 4. The van der Waals surface area contributed by atoms with Gasteiger partial charge in [-0.15, -0.1) is 0 Å². The third kappa shape index (κ3) is 2.75. The molecule has 2 rings (SSSR count). The number of nitrogen functional groups attached to an aromatic ring is 1. The van der Waals surface area contributed by atoms with Crippen LogP contribution in [0.3, 0.4) is 0 Å². The smallest absolute Gasteiger partial charge is 0.251 e. The van der Waals surface area contributed by atoms with Crippen LogP contribution in [0.1, 0.15) is 43.5 Å². The normalized spacial score (nSPS) is 16.8. The lowest BCUT2D eigenvalue weighted by Gasteiger charge is -2.39. The van der Waals surface area contributed by atoms with Crippen molar-refractivity contribution in [3.05, 3.63) is 23.8 Å². The van der Waals surface area contributed by atoms with Crippen molar-refractivity contribution in [1.29, 1.82) is 0 Å². The van der Waals surface area contributed by atoms with Crippen molar-refractivity contribution in [3.8, 4) is 5.75 Å². The van der Waals surface area contributed by atoms with Gasteiger partial charge in [0.25, 0.3) is 5.91 Å². The van der Waals surface area contributed by atoms with Gasteiger partial charge in [0.2, 0.25) is 0 Å². The lowest BCUT2D eigenvalue weighted by atomic mass is 9.78. The monoisotopic (exact) mass is 248 g/mol. The summed E-state index contributed by atoms with van der Waals surface area (Å²) in [6.45, 7) is 4.53. The summed E-state index contributed by atoms with van der Waals surface area (Å²) in [6.07, 6.45) is 3.26. The Morgan fingerprint density at radius 1 is 1.44 bits per heavy atom. The lowest BCUT2D eigenvalue weighted by molar-refractivity contribution is 0.0850. The fraction of sp³-hybridized carbons (Fsp3) is 0.500. The van der Waals surface area contributed by atoms with Crippen molar-refractivity contribution in [2.45, 2.75) is 38.6 Å². The summed E-state index contributed by atoms with van der Waals surface area (Å²) in [5.41, 5.74) is 6.84. The zero-order valence-electron chi connectivity index (χ0n) is 11.0. The van der Waals surface area contributed by atoms with Gasteiger partial charge in [0.1, 0.15) is 5.75 Å². The lowest BCUT2D eigenvalue weighted by Crippen LogP contribution is -2.50. The first-order valence-corrected chi connectivity index (χ1v) is 6.38. The molecule has 0 saturated heterocycles. The molecule has 98 valence electrons. The maximum absolute atomic E-state index is 12.1. The number of carbonyl (C=O) groups is 1. The van der Waals surface area contributed by atoms with Crippen LogP contribution in [0.4, 0.5) is 5.69 Å². The van der Waals surface area contributed by atoms with Crippen molar-refractivity contribution in [2.75, 3.05) is 12.3 Å². The molecule has 4 heteroatoms. The van der Waals surface area contributed by atoms with Gasteiger partial charge in [0.15, 0.2) is 0 Å². The molecule has 0 bridgehead atoms. The largest absolute Gasteiger partial charge is 0.494 e. The summed E-state index contributed by atoms with van der Waals surface area (Å²) in [7, 11) is 0. The fourth-order valence-corrected chi connectivity index (χ4v) is 2.18. The molecule has 4 nitrogen and oxygen atoms in total. The number of benzene rings is 1. The number of amides is 1. The van der Waals surface area contributed by atoms with Crippen LogP contribution in [0.2, 0.25) is 0 Å². The zero-order chi connectivity index (χ0) is 13.2. The van der Waals surface area contributed by atoms with E-state index >= 15 is 0 Å². The van der Waals surface area contributed by atoms with Crippen LogP contribution in [0.5, 0.6) is 5.75 Å². The predicted molar refractivity (Wildman–Crippen MR) is 71.7 cm³/mol. The van der Waals surface area contributed by atoms with E-state index in [-0.39, 0.29) is 11.4 Å². The van der Waals surface area contributed by atoms with Crippen LogP contribution < -0.4 is 15.8 Å². The van der Waals surface area contributed by atoms with Crippen molar-refractivity contribution in [3.63, 3.8) is 0 Å². The van der Waals surface area contributed by atoms with Crippen molar-refractivity contribution in [2.24, 2.45) is 0 Å². The van der Waals surface area contributed by atoms with E-state index in [1.165, 1.54) is 6.42 Å². The van der Waals surface area contributed by atoms with Gasteiger partial charge in [0, 0.05) is 22.9 Å². The minimum absolute atomic E-state index is 0.0482. The van der Waals surface area contributed by atoms with Crippen LogP contribution in [-0.2, 0) is 0 Å². The summed E-state index contributed by atoms with van der Waals surface area (Å²) >= 11 is 0. The Bertz CT molecular complexity index is 453. The molecule has 0 spiro atoms. The van der Waals surface area contributed by atoms with Crippen LogP contribution >= 0.6 is 0 Å². The van der Waals surface area contributed by atoms with Crippen molar-refractivity contribution < 1.29 is 9.53 Å². The minimum Gasteiger partial charge on any atom is -0.494 e. The number of nitrogens with one attached hydrogen (secondary N) is 1. The van der Waals surface area contributed by atoms with Crippen molar-refractivity contribution >= 4 is 11.6 Å². The molecule has 0 heterocycles. The standard InChI is InChI=1S/C14H20N2O2/c1-3-18-12-8-10(7-11(15)9-12)13(17)16-14(2)5-4-6-14/h7-9H,3-6,15H2,1-2H3,(H,16,17). The Morgan fingerprint density at radius 2 is 2.17 bits per heavy atom. The maximum atomic E-state index is 12.1. The number of ether oxygens (including phenoxy) is 1. The van der Waals surface area contributed by atoms with Gasteiger partial charge in [-0.2, -0.15) is 0 Å². The molecule has 1 aromatic rings. The molecule has 3 N–H and O–H groups in total. The molecule has 18 heavy (non-hydrogen) atoms. The van der Waals surface area contributed by atoms with E-state index < -0.39 is 0 Å². The van der Waals surface area contributed by atoms with E-state index in [0.29, 0.717) is 23.6 Å². The Morgan fingerprint density at radius 3 is 2.72 bits per heavy atom. The maximum Gasteiger partial charge on any atom is 0.251 e. The van der Waals surface area contributed by atoms with E-state index in [4.69, 9.17) is 10.5 Å². The van der Waals surface area contributed by atoms with Gasteiger partial charge in [-0.05, 0) is 45.2 Å². The highest BCUT2D eigenvalue weighted by Gasteiger charge is 2.33. The summed E-state index contributed by atoms with van der Waals surface area (Å²) in [4.78, 5) is 12.1. The quantitative estimate of drug-likeness (QED) is 0.804. The number of nitrogens with two attached hydrogens (primary N) is 1. The van der Waals surface area contributed by atoms with Gasteiger partial charge in [0.05, 0.1) is 6.61 Å². The molecule has 1 aliphatic rings. The van der Waals surface area contributed by atoms with Gasteiger partial charge < -0.3 is 15.8 Å². The van der Waals surface area contributed by atoms with E-state index in [0.717, 1.165) is 12.8 Å². The highest BCUT2D eigenvalue weighted by atomic mass is 16.5. The Balaban J connectivity index is 2.13. The highest BCUT2D eigenvalue weighted by Crippen LogP contribution is 2.31. The second-order valence-corrected chi connectivity index (χ2v) is 5.09. The first-order valence-electron chi connectivity index (χ1n) is 6.38. The Hall–Kier alpha value is -1.71. The first kappa shape index (κ1) is 12.7. The van der Waals surface area contributed by atoms with Crippen LogP contribution in [0.15, 0.2) is 18.2 Å². The minimum atomic E-state index is -0.0783.